The standard InChI is InChI=1S/C22H15BrFN3O5S3/c23-18-9-10-20(34-18)35(30,31)27-16-7-3-14(4-8-16)21(29)32-11-19(28)26-22-25-17(12-33-22)13-1-5-15(24)6-2-13/h1-10,12,27H,11H2,(H,25,26,28). The van der Waals surface area contributed by atoms with Gasteiger partial charge in [0, 0.05) is 16.6 Å². The first kappa shape index (κ1) is 25.0. The van der Waals surface area contributed by atoms with Gasteiger partial charge in [-0.2, -0.15) is 0 Å². The van der Waals surface area contributed by atoms with Gasteiger partial charge in [0.2, 0.25) is 0 Å². The lowest BCUT2D eigenvalue weighted by Gasteiger charge is -2.08. The third-order valence-corrected chi connectivity index (χ3v) is 8.67. The average molecular weight is 596 g/mol. The molecular formula is C22H15BrFN3O5S3. The van der Waals surface area contributed by atoms with Gasteiger partial charge in [-0.1, -0.05) is 0 Å². The normalized spacial score (nSPS) is 11.1. The number of hydrogen-bond donors (Lipinski definition) is 2. The molecule has 35 heavy (non-hydrogen) atoms. The number of sulfonamides is 1. The second-order valence-electron chi connectivity index (χ2n) is 6.91. The number of nitrogens with zero attached hydrogens (tertiary/aromatic N) is 1. The van der Waals surface area contributed by atoms with E-state index in [2.05, 4.69) is 31.0 Å². The molecule has 2 heterocycles. The van der Waals surface area contributed by atoms with Gasteiger partial charge in [0.1, 0.15) is 10.0 Å². The summed E-state index contributed by atoms with van der Waals surface area (Å²) in [5, 5.41) is 4.56. The summed E-state index contributed by atoms with van der Waals surface area (Å²) in [4.78, 5) is 28.6. The number of ether oxygens (including phenoxy) is 1. The molecule has 0 atom stereocenters. The fourth-order valence-corrected chi connectivity index (χ4v) is 6.58. The lowest BCUT2D eigenvalue weighted by molar-refractivity contribution is -0.119. The van der Waals surface area contributed by atoms with Gasteiger partial charge in [0.05, 0.1) is 15.0 Å². The highest BCUT2D eigenvalue weighted by Gasteiger charge is 2.17. The van der Waals surface area contributed by atoms with Gasteiger partial charge >= 0.3 is 5.97 Å². The Morgan fingerprint density at radius 1 is 1.03 bits per heavy atom. The van der Waals surface area contributed by atoms with Gasteiger partial charge in [0.25, 0.3) is 15.9 Å². The van der Waals surface area contributed by atoms with Crippen LogP contribution in [0.1, 0.15) is 10.4 Å². The molecule has 0 unspecified atom stereocenters. The van der Waals surface area contributed by atoms with Gasteiger partial charge in [-0.25, -0.2) is 22.6 Å². The van der Waals surface area contributed by atoms with Crippen molar-refractivity contribution in [1.82, 2.24) is 4.98 Å². The summed E-state index contributed by atoms with van der Waals surface area (Å²) in [7, 11) is -3.75. The topological polar surface area (TPSA) is 114 Å². The summed E-state index contributed by atoms with van der Waals surface area (Å²) >= 11 is 5.47. The lowest BCUT2D eigenvalue weighted by Crippen LogP contribution is -2.20. The first-order valence-electron chi connectivity index (χ1n) is 9.76. The van der Waals surface area contributed by atoms with Crippen LogP contribution in [-0.4, -0.2) is 31.9 Å². The van der Waals surface area contributed by atoms with E-state index in [1.165, 1.54) is 53.8 Å². The Kier molecular flexibility index (Phi) is 7.60. The van der Waals surface area contributed by atoms with Crippen LogP contribution in [0.5, 0.6) is 0 Å². The Balaban J connectivity index is 1.29. The fraction of sp³-hybridized carbons (Fsp3) is 0.0455. The molecule has 2 aromatic heterocycles. The van der Waals surface area contributed by atoms with Crippen molar-refractivity contribution in [3.8, 4) is 11.3 Å². The highest BCUT2D eigenvalue weighted by Crippen LogP contribution is 2.28. The first-order chi connectivity index (χ1) is 16.7. The van der Waals surface area contributed by atoms with Gasteiger partial charge in [-0.15, -0.1) is 22.7 Å². The second kappa shape index (κ2) is 10.6. The molecule has 0 aliphatic heterocycles. The van der Waals surface area contributed by atoms with Gasteiger partial charge in [0.15, 0.2) is 11.7 Å². The van der Waals surface area contributed by atoms with Crippen LogP contribution in [0.25, 0.3) is 11.3 Å². The van der Waals surface area contributed by atoms with Gasteiger partial charge in [-0.05, 0) is 76.6 Å². The third-order valence-electron chi connectivity index (χ3n) is 4.41. The molecule has 0 aliphatic carbocycles. The number of benzene rings is 2. The number of thiazole rings is 1. The predicted octanol–water partition coefficient (Wildman–Crippen LogP) is 5.37. The van der Waals surface area contributed by atoms with E-state index in [0.717, 1.165) is 11.3 Å². The minimum Gasteiger partial charge on any atom is -0.452 e. The van der Waals surface area contributed by atoms with Crippen LogP contribution < -0.4 is 10.0 Å². The summed E-state index contributed by atoms with van der Waals surface area (Å²) in [5.41, 5.74) is 1.69. The Morgan fingerprint density at radius 3 is 2.40 bits per heavy atom. The minimum atomic E-state index is -3.75. The van der Waals surface area contributed by atoms with E-state index in [1.807, 2.05) is 0 Å². The number of anilines is 2. The van der Waals surface area contributed by atoms with Crippen molar-refractivity contribution in [3.63, 3.8) is 0 Å². The fourth-order valence-electron chi connectivity index (χ4n) is 2.78. The monoisotopic (exact) mass is 595 g/mol. The Labute approximate surface area is 216 Å². The number of rotatable bonds is 8. The maximum absolute atomic E-state index is 13.1. The molecule has 0 radical (unpaired) electrons. The quantitative estimate of drug-likeness (QED) is 0.265. The molecule has 2 N–H and O–H groups in total. The number of carbonyl (C=O) groups is 2. The SMILES string of the molecule is O=C(COC(=O)c1ccc(NS(=O)(=O)c2ccc(Br)s2)cc1)Nc1nc(-c2ccc(F)cc2)cs1. The number of esters is 1. The summed E-state index contributed by atoms with van der Waals surface area (Å²) in [5.74, 6) is -1.69. The number of aromatic nitrogens is 1. The van der Waals surface area contributed by atoms with E-state index in [1.54, 1.807) is 23.6 Å². The summed E-state index contributed by atoms with van der Waals surface area (Å²) in [6.45, 7) is -0.536. The highest BCUT2D eigenvalue weighted by atomic mass is 79.9. The van der Waals surface area contributed by atoms with Gasteiger partial charge in [-0.3, -0.25) is 14.8 Å². The number of thiophene rings is 1. The van der Waals surface area contributed by atoms with Crippen molar-refractivity contribution in [2.75, 3.05) is 16.6 Å². The van der Waals surface area contributed by atoms with Gasteiger partial charge < -0.3 is 4.74 Å². The average Bonchev–Trinajstić information content (AvgIpc) is 3.48. The number of nitrogens with one attached hydrogen (secondary N) is 2. The van der Waals surface area contributed by atoms with Crippen LogP contribution in [0.15, 0.2) is 74.0 Å². The van der Waals surface area contributed by atoms with Crippen LogP contribution in [0.3, 0.4) is 0 Å². The van der Waals surface area contributed by atoms with Crippen LogP contribution in [0, 0.1) is 5.82 Å². The Bertz CT molecular complexity index is 1470. The number of amides is 1. The molecular weight excluding hydrogens is 581 g/mol. The van der Waals surface area contributed by atoms with Crippen LogP contribution >= 0.6 is 38.6 Å². The molecule has 2 aromatic carbocycles. The summed E-state index contributed by atoms with van der Waals surface area (Å²) in [6, 6.07) is 14.5. The molecule has 0 spiro atoms. The molecule has 4 aromatic rings. The maximum atomic E-state index is 13.1. The van der Waals surface area contributed by atoms with Crippen molar-refractivity contribution < 1.29 is 27.1 Å². The zero-order valence-electron chi connectivity index (χ0n) is 17.5. The minimum absolute atomic E-state index is 0.142. The first-order valence-corrected chi connectivity index (χ1v) is 13.7. The van der Waals surface area contributed by atoms with E-state index in [0.29, 0.717) is 20.2 Å². The van der Waals surface area contributed by atoms with Crippen molar-refractivity contribution in [2.45, 2.75) is 4.21 Å². The number of hydrogen-bond acceptors (Lipinski definition) is 8. The Morgan fingerprint density at radius 2 is 1.74 bits per heavy atom. The van der Waals surface area contributed by atoms with Crippen LogP contribution in [0.2, 0.25) is 0 Å². The Hall–Kier alpha value is -3.13. The molecule has 4 rings (SSSR count). The number of carbonyl (C=O) groups excluding carboxylic acids is 2. The highest BCUT2D eigenvalue weighted by molar-refractivity contribution is 9.11. The van der Waals surface area contributed by atoms with E-state index in [9.17, 15) is 22.4 Å². The van der Waals surface area contributed by atoms with E-state index < -0.39 is 28.5 Å². The van der Waals surface area contributed by atoms with Crippen LogP contribution in [0.4, 0.5) is 15.2 Å². The maximum Gasteiger partial charge on any atom is 0.338 e. The molecule has 180 valence electrons. The molecule has 13 heteroatoms. The van der Waals surface area contributed by atoms with Crippen LogP contribution in [-0.2, 0) is 19.6 Å². The molecule has 0 saturated heterocycles. The second-order valence-corrected chi connectivity index (χ2v) is 12.1. The zero-order chi connectivity index (χ0) is 25.0. The summed E-state index contributed by atoms with van der Waals surface area (Å²) in [6.07, 6.45) is 0. The van der Waals surface area contributed by atoms with Crippen molar-refractivity contribution in [3.05, 3.63) is 81.2 Å². The van der Waals surface area contributed by atoms with Crippen molar-refractivity contribution >= 4 is 71.3 Å². The largest absolute Gasteiger partial charge is 0.452 e. The van der Waals surface area contributed by atoms with E-state index in [-0.39, 0.29) is 21.3 Å². The third kappa shape index (κ3) is 6.51. The molecule has 0 saturated carbocycles. The molecule has 1 amide bonds. The predicted molar refractivity (Wildman–Crippen MR) is 136 cm³/mol. The zero-order valence-corrected chi connectivity index (χ0v) is 21.6. The molecule has 8 nitrogen and oxygen atoms in total. The molecule has 0 bridgehead atoms. The smallest absolute Gasteiger partial charge is 0.338 e. The van der Waals surface area contributed by atoms with E-state index >= 15 is 0 Å². The molecule has 0 aliphatic rings. The summed E-state index contributed by atoms with van der Waals surface area (Å²) < 4.78 is 46.1. The van der Waals surface area contributed by atoms with E-state index in [4.69, 9.17) is 4.74 Å². The number of halogens is 2. The van der Waals surface area contributed by atoms with Crippen molar-refractivity contribution in [2.24, 2.45) is 0 Å². The molecule has 0 fully saturated rings. The van der Waals surface area contributed by atoms with Crippen molar-refractivity contribution in [1.29, 1.82) is 0 Å². The lowest BCUT2D eigenvalue weighted by atomic mass is 10.2.